The van der Waals surface area contributed by atoms with Gasteiger partial charge in [-0.1, -0.05) is 18.2 Å². The van der Waals surface area contributed by atoms with Crippen molar-refractivity contribution < 1.29 is 19.0 Å². The van der Waals surface area contributed by atoms with Gasteiger partial charge in [-0.2, -0.15) is 0 Å². The second-order valence-corrected chi connectivity index (χ2v) is 6.77. The number of amides is 1. The number of carbonyl (C=O) groups excluding carboxylic acids is 1. The van der Waals surface area contributed by atoms with Gasteiger partial charge in [0.2, 0.25) is 0 Å². The zero-order valence-electron chi connectivity index (χ0n) is 19.0. The van der Waals surface area contributed by atoms with Crippen LogP contribution in [0, 0.1) is 0 Å². The number of nitrogens with zero attached hydrogens (tertiary/aromatic N) is 1. The van der Waals surface area contributed by atoms with E-state index in [0.717, 1.165) is 22.6 Å². The molecule has 2 aromatic carbocycles. The first kappa shape index (κ1) is 27.3. The molecule has 1 amide bonds. The van der Waals surface area contributed by atoms with Crippen LogP contribution in [-0.2, 0) is 11.3 Å². The number of carbonyl (C=O) groups is 1. The van der Waals surface area contributed by atoms with Crippen molar-refractivity contribution in [3.8, 4) is 17.2 Å². The molecule has 176 valence electrons. The minimum atomic E-state index is -0.510. The molecule has 2 aromatic rings. The van der Waals surface area contributed by atoms with E-state index in [0.29, 0.717) is 31.5 Å². The smallest absolute Gasteiger partial charge is 0.255 e. The van der Waals surface area contributed by atoms with E-state index in [4.69, 9.17) is 19.9 Å². The first-order valence-electron chi connectivity index (χ1n) is 10.3. The summed E-state index contributed by atoms with van der Waals surface area (Å²) >= 11 is 0. The molecule has 0 aliphatic carbocycles. The van der Waals surface area contributed by atoms with Crippen LogP contribution >= 0.6 is 24.0 Å². The maximum Gasteiger partial charge on any atom is 0.255 e. The SMILES string of the molecule is CCOc1ccc(C(C)NC(=NC)NCc2cccc(OCC(N)=O)c2)cc1OCC.I. The monoisotopic (exact) mass is 556 g/mol. The van der Waals surface area contributed by atoms with Crippen LogP contribution in [0.2, 0.25) is 0 Å². The number of nitrogens with two attached hydrogens (primary N) is 1. The van der Waals surface area contributed by atoms with Gasteiger partial charge in [-0.3, -0.25) is 9.79 Å². The van der Waals surface area contributed by atoms with Crippen molar-refractivity contribution in [3.63, 3.8) is 0 Å². The highest BCUT2D eigenvalue weighted by molar-refractivity contribution is 14.0. The van der Waals surface area contributed by atoms with Gasteiger partial charge in [-0.15, -0.1) is 24.0 Å². The van der Waals surface area contributed by atoms with Gasteiger partial charge in [0, 0.05) is 13.6 Å². The summed E-state index contributed by atoms with van der Waals surface area (Å²) in [6.45, 7) is 7.48. The fraction of sp³-hybridized carbons (Fsp3) is 0.391. The predicted octanol–water partition coefficient (Wildman–Crippen LogP) is 3.39. The van der Waals surface area contributed by atoms with Gasteiger partial charge in [0.25, 0.3) is 5.91 Å². The maximum atomic E-state index is 10.9. The Balaban J connectivity index is 0.00000512. The highest BCUT2D eigenvalue weighted by Crippen LogP contribution is 2.30. The lowest BCUT2D eigenvalue weighted by Crippen LogP contribution is -2.38. The predicted molar refractivity (Wildman–Crippen MR) is 137 cm³/mol. The third-order valence-corrected chi connectivity index (χ3v) is 4.38. The molecule has 8 nitrogen and oxygen atoms in total. The number of ether oxygens (including phenoxy) is 3. The number of hydrogen-bond acceptors (Lipinski definition) is 5. The number of nitrogens with one attached hydrogen (secondary N) is 2. The Kier molecular flexibility index (Phi) is 12.3. The van der Waals surface area contributed by atoms with Crippen molar-refractivity contribution in [1.82, 2.24) is 10.6 Å². The van der Waals surface area contributed by atoms with E-state index >= 15 is 0 Å². The standard InChI is InChI=1S/C23H32N4O4.HI/c1-5-29-20-11-10-18(13-21(20)30-6-2)16(3)27-23(25-4)26-14-17-8-7-9-19(12-17)31-15-22(24)28;/h7-13,16H,5-6,14-15H2,1-4H3,(H2,24,28)(H2,25,26,27);1H. The van der Waals surface area contributed by atoms with Crippen LogP contribution in [0.25, 0.3) is 0 Å². The summed E-state index contributed by atoms with van der Waals surface area (Å²) in [5, 5.41) is 6.66. The van der Waals surface area contributed by atoms with Crippen LogP contribution < -0.4 is 30.6 Å². The number of benzene rings is 2. The summed E-state index contributed by atoms with van der Waals surface area (Å²) < 4.78 is 16.7. The summed E-state index contributed by atoms with van der Waals surface area (Å²) in [7, 11) is 1.72. The molecule has 0 bridgehead atoms. The van der Waals surface area contributed by atoms with E-state index in [9.17, 15) is 4.79 Å². The molecule has 2 rings (SSSR count). The Morgan fingerprint density at radius 2 is 1.78 bits per heavy atom. The number of halogens is 1. The minimum absolute atomic E-state index is 0. The average molecular weight is 556 g/mol. The summed E-state index contributed by atoms with van der Waals surface area (Å²) in [5.41, 5.74) is 7.16. The van der Waals surface area contributed by atoms with Crippen molar-refractivity contribution in [2.75, 3.05) is 26.9 Å². The van der Waals surface area contributed by atoms with Gasteiger partial charge in [-0.25, -0.2) is 0 Å². The summed E-state index contributed by atoms with van der Waals surface area (Å²) in [6.07, 6.45) is 0. The fourth-order valence-electron chi connectivity index (χ4n) is 2.91. The Bertz CT molecular complexity index is 892. The Labute approximate surface area is 206 Å². The zero-order chi connectivity index (χ0) is 22.6. The molecule has 0 aliphatic rings. The van der Waals surface area contributed by atoms with Gasteiger partial charge < -0.3 is 30.6 Å². The van der Waals surface area contributed by atoms with Crippen molar-refractivity contribution in [2.45, 2.75) is 33.4 Å². The summed E-state index contributed by atoms with van der Waals surface area (Å²) in [6, 6.07) is 13.4. The van der Waals surface area contributed by atoms with E-state index < -0.39 is 5.91 Å². The van der Waals surface area contributed by atoms with Gasteiger partial charge >= 0.3 is 0 Å². The lowest BCUT2D eigenvalue weighted by molar-refractivity contribution is -0.119. The highest BCUT2D eigenvalue weighted by atomic mass is 127. The zero-order valence-corrected chi connectivity index (χ0v) is 21.3. The van der Waals surface area contributed by atoms with Crippen molar-refractivity contribution in [3.05, 3.63) is 53.6 Å². The van der Waals surface area contributed by atoms with E-state index in [1.54, 1.807) is 13.1 Å². The van der Waals surface area contributed by atoms with Gasteiger partial charge in [-0.05, 0) is 56.2 Å². The summed E-state index contributed by atoms with van der Waals surface area (Å²) in [5.74, 6) is 2.20. The lowest BCUT2D eigenvalue weighted by atomic mass is 10.1. The van der Waals surface area contributed by atoms with E-state index in [-0.39, 0.29) is 36.6 Å². The minimum Gasteiger partial charge on any atom is -0.490 e. The molecule has 1 unspecified atom stereocenters. The molecular weight excluding hydrogens is 523 g/mol. The number of aliphatic imine (C=N–C) groups is 1. The normalized spacial score (nSPS) is 11.7. The van der Waals surface area contributed by atoms with Gasteiger partial charge in [0.1, 0.15) is 5.75 Å². The Morgan fingerprint density at radius 1 is 1.06 bits per heavy atom. The number of hydrogen-bond donors (Lipinski definition) is 3. The van der Waals surface area contributed by atoms with E-state index in [1.807, 2.05) is 50.2 Å². The Hall–Kier alpha value is -2.69. The molecule has 0 saturated carbocycles. The van der Waals surface area contributed by atoms with Crippen molar-refractivity contribution >= 4 is 35.8 Å². The second kappa shape index (κ2) is 14.4. The van der Waals surface area contributed by atoms with Crippen LogP contribution in [0.3, 0.4) is 0 Å². The quantitative estimate of drug-likeness (QED) is 0.223. The number of primary amides is 1. The topological polar surface area (TPSA) is 107 Å². The van der Waals surface area contributed by atoms with Crippen LogP contribution in [0.15, 0.2) is 47.5 Å². The van der Waals surface area contributed by atoms with E-state index in [2.05, 4.69) is 22.5 Å². The average Bonchev–Trinajstić information content (AvgIpc) is 2.76. The maximum absolute atomic E-state index is 10.9. The van der Waals surface area contributed by atoms with Crippen LogP contribution in [0.4, 0.5) is 0 Å². The van der Waals surface area contributed by atoms with Gasteiger partial charge in [0.05, 0.1) is 19.3 Å². The molecule has 4 N–H and O–H groups in total. The molecule has 0 saturated heterocycles. The molecule has 0 heterocycles. The first-order valence-corrected chi connectivity index (χ1v) is 10.3. The molecule has 9 heteroatoms. The molecule has 32 heavy (non-hydrogen) atoms. The molecular formula is C23H33IN4O4. The first-order chi connectivity index (χ1) is 15.0. The van der Waals surface area contributed by atoms with Crippen LogP contribution in [0.5, 0.6) is 17.2 Å². The van der Waals surface area contributed by atoms with Gasteiger partial charge in [0.15, 0.2) is 24.1 Å². The van der Waals surface area contributed by atoms with E-state index in [1.165, 1.54) is 0 Å². The summed E-state index contributed by atoms with van der Waals surface area (Å²) in [4.78, 5) is 15.2. The van der Waals surface area contributed by atoms with Crippen LogP contribution in [0.1, 0.15) is 37.9 Å². The third kappa shape index (κ3) is 8.81. The van der Waals surface area contributed by atoms with Crippen LogP contribution in [-0.4, -0.2) is 38.7 Å². The Morgan fingerprint density at radius 3 is 2.44 bits per heavy atom. The molecule has 1 atom stereocenters. The number of guanidine groups is 1. The fourth-order valence-corrected chi connectivity index (χ4v) is 2.91. The molecule has 0 aromatic heterocycles. The highest BCUT2D eigenvalue weighted by Gasteiger charge is 2.12. The second-order valence-electron chi connectivity index (χ2n) is 6.77. The molecule has 0 aliphatic heterocycles. The van der Waals surface area contributed by atoms with Crippen molar-refractivity contribution in [1.29, 1.82) is 0 Å². The molecule has 0 radical (unpaired) electrons. The third-order valence-electron chi connectivity index (χ3n) is 4.38. The lowest BCUT2D eigenvalue weighted by Gasteiger charge is -2.20. The molecule has 0 spiro atoms. The largest absolute Gasteiger partial charge is 0.490 e. The van der Waals surface area contributed by atoms with Crippen molar-refractivity contribution in [2.24, 2.45) is 10.7 Å². The molecule has 0 fully saturated rings. The number of rotatable bonds is 11.